The van der Waals surface area contributed by atoms with Gasteiger partial charge in [-0.15, -0.1) is 0 Å². The molecule has 1 heterocycles. The predicted molar refractivity (Wildman–Crippen MR) is 76.7 cm³/mol. The lowest BCUT2D eigenvalue weighted by molar-refractivity contribution is 0.268. The van der Waals surface area contributed by atoms with Gasteiger partial charge in [-0.25, -0.2) is 0 Å². The first-order valence-electron chi connectivity index (χ1n) is 6.80. The molecule has 1 aromatic carbocycles. The molecular formula is C15H22ClNO. The van der Waals surface area contributed by atoms with Gasteiger partial charge in [0.15, 0.2) is 0 Å². The smallest absolute Gasteiger partial charge is 0.119 e. The minimum atomic E-state index is 0.633. The van der Waals surface area contributed by atoms with E-state index >= 15 is 0 Å². The first-order valence-corrected chi connectivity index (χ1v) is 7.17. The molecule has 0 bridgehead atoms. The number of rotatable bonds is 4. The predicted octanol–water partition coefficient (Wildman–Crippen LogP) is 3.87. The third-order valence-corrected chi connectivity index (χ3v) is 4.15. The van der Waals surface area contributed by atoms with Crippen molar-refractivity contribution in [3.05, 3.63) is 28.3 Å². The second kappa shape index (κ2) is 6.44. The Hall–Kier alpha value is -0.730. The van der Waals surface area contributed by atoms with Crippen LogP contribution in [0.4, 0.5) is 0 Å². The van der Waals surface area contributed by atoms with E-state index in [9.17, 15) is 0 Å². The van der Waals surface area contributed by atoms with Crippen molar-refractivity contribution in [1.29, 1.82) is 0 Å². The highest BCUT2D eigenvalue weighted by atomic mass is 35.5. The van der Waals surface area contributed by atoms with E-state index < -0.39 is 0 Å². The molecule has 0 saturated carbocycles. The van der Waals surface area contributed by atoms with Crippen molar-refractivity contribution in [1.82, 2.24) is 5.32 Å². The number of benzene rings is 1. The van der Waals surface area contributed by atoms with Crippen molar-refractivity contribution in [2.75, 3.05) is 13.2 Å². The fourth-order valence-corrected chi connectivity index (χ4v) is 2.59. The normalized spacial score (nSPS) is 19.8. The summed E-state index contributed by atoms with van der Waals surface area (Å²) in [7, 11) is 0. The second-order valence-electron chi connectivity index (χ2n) is 5.16. The van der Waals surface area contributed by atoms with Crippen molar-refractivity contribution >= 4 is 11.6 Å². The number of hydrogen-bond donors (Lipinski definition) is 1. The van der Waals surface area contributed by atoms with Crippen molar-refractivity contribution in [3.8, 4) is 5.75 Å². The molecule has 1 atom stereocenters. The highest BCUT2D eigenvalue weighted by Gasteiger charge is 2.12. The molecule has 0 aromatic heterocycles. The molecule has 0 spiro atoms. The van der Waals surface area contributed by atoms with Gasteiger partial charge in [0.1, 0.15) is 5.75 Å². The van der Waals surface area contributed by atoms with E-state index in [1.165, 1.54) is 19.3 Å². The molecule has 1 N–H and O–H groups in total. The maximum absolute atomic E-state index is 6.14. The molecular weight excluding hydrogens is 246 g/mol. The van der Waals surface area contributed by atoms with Gasteiger partial charge in [0.25, 0.3) is 0 Å². The summed E-state index contributed by atoms with van der Waals surface area (Å²) in [6.07, 6.45) is 5.02. The lowest BCUT2D eigenvalue weighted by Gasteiger charge is -2.23. The SMILES string of the molecule is Cc1cc(OCC[C@@H]2CCCCN2)cc(C)c1Cl. The largest absolute Gasteiger partial charge is 0.494 e. The van der Waals surface area contributed by atoms with Gasteiger partial charge < -0.3 is 10.1 Å². The van der Waals surface area contributed by atoms with E-state index in [0.717, 1.165) is 41.5 Å². The summed E-state index contributed by atoms with van der Waals surface area (Å²) in [6, 6.07) is 4.67. The van der Waals surface area contributed by atoms with E-state index in [0.29, 0.717) is 6.04 Å². The number of aryl methyl sites for hydroxylation is 2. The zero-order valence-corrected chi connectivity index (χ0v) is 12.0. The van der Waals surface area contributed by atoms with Gasteiger partial charge >= 0.3 is 0 Å². The Morgan fingerprint density at radius 3 is 2.61 bits per heavy atom. The van der Waals surface area contributed by atoms with Crippen LogP contribution in [0.3, 0.4) is 0 Å². The minimum absolute atomic E-state index is 0.633. The Bertz CT molecular complexity index is 376. The molecule has 0 amide bonds. The van der Waals surface area contributed by atoms with Gasteiger partial charge in [0.2, 0.25) is 0 Å². The van der Waals surface area contributed by atoms with Crippen LogP contribution in [0, 0.1) is 13.8 Å². The molecule has 18 heavy (non-hydrogen) atoms. The van der Waals surface area contributed by atoms with Crippen molar-refractivity contribution < 1.29 is 4.74 Å². The summed E-state index contributed by atoms with van der Waals surface area (Å²) < 4.78 is 5.83. The first-order chi connectivity index (χ1) is 8.66. The average molecular weight is 268 g/mol. The van der Waals surface area contributed by atoms with Crippen LogP contribution in [0.2, 0.25) is 5.02 Å². The van der Waals surface area contributed by atoms with Crippen LogP contribution in [-0.4, -0.2) is 19.2 Å². The van der Waals surface area contributed by atoms with Crippen LogP contribution >= 0.6 is 11.6 Å². The Morgan fingerprint density at radius 2 is 2.00 bits per heavy atom. The summed E-state index contributed by atoms with van der Waals surface area (Å²) in [5, 5.41) is 4.38. The van der Waals surface area contributed by atoms with Crippen molar-refractivity contribution in [2.45, 2.75) is 45.6 Å². The van der Waals surface area contributed by atoms with Gasteiger partial charge in [-0.2, -0.15) is 0 Å². The topological polar surface area (TPSA) is 21.3 Å². The molecule has 1 aromatic rings. The Balaban J connectivity index is 1.82. The summed E-state index contributed by atoms with van der Waals surface area (Å²) >= 11 is 6.14. The van der Waals surface area contributed by atoms with Crippen LogP contribution in [0.5, 0.6) is 5.75 Å². The standard InChI is InChI=1S/C15H22ClNO/c1-11-9-14(10-12(2)15(11)16)18-8-6-13-5-3-4-7-17-13/h9-10,13,17H,3-8H2,1-2H3/t13-/m0/s1. The average Bonchev–Trinajstić information content (AvgIpc) is 2.37. The number of hydrogen-bond acceptors (Lipinski definition) is 2. The first kappa shape index (κ1) is 13.7. The summed E-state index contributed by atoms with van der Waals surface area (Å²) in [6.45, 7) is 5.97. The van der Waals surface area contributed by atoms with Crippen LogP contribution in [-0.2, 0) is 0 Å². The number of nitrogens with one attached hydrogen (secondary N) is 1. The van der Waals surface area contributed by atoms with E-state index in [4.69, 9.17) is 16.3 Å². The van der Waals surface area contributed by atoms with Crippen molar-refractivity contribution in [2.24, 2.45) is 0 Å². The molecule has 1 fully saturated rings. The quantitative estimate of drug-likeness (QED) is 0.894. The van der Waals surface area contributed by atoms with Gasteiger partial charge in [-0.05, 0) is 62.9 Å². The molecule has 1 saturated heterocycles. The van der Waals surface area contributed by atoms with Crippen LogP contribution < -0.4 is 10.1 Å². The van der Waals surface area contributed by atoms with E-state index in [2.05, 4.69) is 5.32 Å². The molecule has 0 aliphatic carbocycles. The fourth-order valence-electron chi connectivity index (χ4n) is 2.48. The van der Waals surface area contributed by atoms with Crippen LogP contribution in [0.15, 0.2) is 12.1 Å². The Kier molecular flexibility index (Phi) is 4.90. The highest BCUT2D eigenvalue weighted by molar-refractivity contribution is 6.32. The Morgan fingerprint density at radius 1 is 1.28 bits per heavy atom. The van der Waals surface area contributed by atoms with Crippen molar-refractivity contribution in [3.63, 3.8) is 0 Å². The lowest BCUT2D eigenvalue weighted by Crippen LogP contribution is -2.35. The number of halogens is 1. The van der Waals surface area contributed by atoms with Crippen LogP contribution in [0.1, 0.15) is 36.8 Å². The zero-order valence-electron chi connectivity index (χ0n) is 11.3. The van der Waals surface area contributed by atoms with Gasteiger partial charge in [-0.1, -0.05) is 18.0 Å². The number of piperidine rings is 1. The summed E-state index contributed by atoms with van der Waals surface area (Å²) in [5.74, 6) is 0.935. The lowest BCUT2D eigenvalue weighted by atomic mass is 10.0. The zero-order chi connectivity index (χ0) is 13.0. The maximum Gasteiger partial charge on any atom is 0.119 e. The third-order valence-electron chi connectivity index (χ3n) is 3.56. The maximum atomic E-state index is 6.14. The number of ether oxygens (including phenoxy) is 1. The minimum Gasteiger partial charge on any atom is -0.494 e. The Labute approximate surface area is 115 Å². The third kappa shape index (κ3) is 3.63. The van der Waals surface area contributed by atoms with Crippen LogP contribution in [0.25, 0.3) is 0 Å². The van der Waals surface area contributed by atoms with E-state index in [-0.39, 0.29) is 0 Å². The molecule has 1 aliphatic heterocycles. The fraction of sp³-hybridized carbons (Fsp3) is 0.600. The molecule has 2 nitrogen and oxygen atoms in total. The second-order valence-corrected chi connectivity index (χ2v) is 5.53. The van der Waals surface area contributed by atoms with E-state index in [1.807, 2.05) is 26.0 Å². The molecule has 0 unspecified atom stereocenters. The highest BCUT2D eigenvalue weighted by Crippen LogP contribution is 2.26. The van der Waals surface area contributed by atoms with E-state index in [1.54, 1.807) is 0 Å². The van der Waals surface area contributed by atoms with Gasteiger partial charge in [-0.3, -0.25) is 0 Å². The molecule has 3 heteroatoms. The molecule has 100 valence electrons. The molecule has 0 radical (unpaired) electrons. The van der Waals surface area contributed by atoms with Gasteiger partial charge in [0, 0.05) is 11.1 Å². The van der Waals surface area contributed by atoms with Gasteiger partial charge in [0.05, 0.1) is 6.61 Å². The summed E-state index contributed by atoms with van der Waals surface area (Å²) in [5.41, 5.74) is 2.17. The molecule has 1 aliphatic rings. The molecule has 2 rings (SSSR count). The monoisotopic (exact) mass is 267 g/mol. The summed E-state index contributed by atoms with van der Waals surface area (Å²) in [4.78, 5) is 0.